The molecule has 0 atom stereocenters. The van der Waals surface area contributed by atoms with Gasteiger partial charge in [0.15, 0.2) is 12.4 Å². The van der Waals surface area contributed by atoms with Crippen LogP contribution in [0.3, 0.4) is 0 Å². The summed E-state index contributed by atoms with van der Waals surface area (Å²) in [6.45, 7) is 3.66. The molecule has 0 aliphatic carbocycles. The van der Waals surface area contributed by atoms with Crippen molar-refractivity contribution in [2.45, 2.75) is 13.3 Å². The van der Waals surface area contributed by atoms with Crippen LogP contribution in [0.2, 0.25) is 20.1 Å². The molecule has 4 rings (SSSR count). The zero-order valence-electron chi connectivity index (χ0n) is 17.0. The zero-order chi connectivity index (χ0) is 22.7. The van der Waals surface area contributed by atoms with Crippen molar-refractivity contribution in [2.75, 3.05) is 26.2 Å². The van der Waals surface area contributed by atoms with Crippen LogP contribution in [0.5, 0.6) is 5.75 Å². The molecule has 1 amide bonds. The number of halogens is 4. The first-order chi connectivity index (χ1) is 15.4. The Morgan fingerprint density at radius 2 is 1.72 bits per heavy atom. The van der Waals surface area contributed by atoms with Gasteiger partial charge >= 0.3 is 0 Å². The number of carbonyl (C=O) groups excluding carboxylic acids is 1. The first-order valence-electron chi connectivity index (χ1n) is 9.96. The highest BCUT2D eigenvalue weighted by molar-refractivity contribution is 6.43. The molecule has 0 spiro atoms. The van der Waals surface area contributed by atoms with Gasteiger partial charge in [-0.3, -0.25) is 9.69 Å². The molecule has 1 aliphatic rings. The maximum Gasteiger partial charge on any atom is 0.274 e. The molecule has 0 N–H and O–H groups in total. The molecule has 1 aliphatic heterocycles. The molecule has 1 aromatic heterocycles. The molecule has 168 valence electrons. The van der Waals surface area contributed by atoms with Crippen LogP contribution in [-0.4, -0.2) is 51.7 Å². The van der Waals surface area contributed by atoms with Crippen molar-refractivity contribution in [3.05, 3.63) is 80.0 Å². The zero-order valence-corrected chi connectivity index (χ0v) is 20.0. The highest BCUT2D eigenvalue weighted by atomic mass is 35.5. The maximum atomic E-state index is 12.9. The van der Waals surface area contributed by atoms with E-state index in [0.717, 1.165) is 25.2 Å². The van der Waals surface area contributed by atoms with Gasteiger partial charge in [0.05, 0.1) is 15.1 Å². The molecule has 0 bridgehead atoms. The van der Waals surface area contributed by atoms with Crippen molar-refractivity contribution in [3.63, 3.8) is 0 Å². The number of aromatic nitrogens is 2. The van der Waals surface area contributed by atoms with Crippen LogP contribution in [0, 0.1) is 0 Å². The minimum absolute atomic E-state index is 0.0984. The van der Waals surface area contributed by atoms with E-state index >= 15 is 0 Å². The van der Waals surface area contributed by atoms with Gasteiger partial charge in [0.25, 0.3) is 5.91 Å². The van der Waals surface area contributed by atoms with E-state index in [4.69, 9.17) is 51.1 Å². The van der Waals surface area contributed by atoms with Crippen molar-refractivity contribution in [2.24, 2.45) is 0 Å². The van der Waals surface area contributed by atoms with E-state index in [2.05, 4.69) is 10.00 Å². The Labute approximate surface area is 206 Å². The molecular formula is C22H20Cl4N4O2. The van der Waals surface area contributed by atoms with Gasteiger partial charge in [-0.05, 0) is 35.9 Å². The number of carbonyl (C=O) groups is 1. The van der Waals surface area contributed by atoms with Crippen molar-refractivity contribution in [1.29, 1.82) is 0 Å². The molecule has 32 heavy (non-hydrogen) atoms. The van der Waals surface area contributed by atoms with Gasteiger partial charge in [-0.25, -0.2) is 4.68 Å². The summed E-state index contributed by atoms with van der Waals surface area (Å²) in [7, 11) is 0. The molecule has 1 fully saturated rings. The van der Waals surface area contributed by atoms with Crippen molar-refractivity contribution in [3.8, 4) is 5.75 Å². The summed E-state index contributed by atoms with van der Waals surface area (Å²) >= 11 is 24.2. The molecule has 2 aromatic carbocycles. The molecule has 1 saturated heterocycles. The normalized spacial score (nSPS) is 14.6. The van der Waals surface area contributed by atoms with E-state index in [9.17, 15) is 4.79 Å². The van der Waals surface area contributed by atoms with Gasteiger partial charge in [-0.15, -0.1) is 0 Å². The monoisotopic (exact) mass is 512 g/mol. The Morgan fingerprint density at radius 1 is 0.938 bits per heavy atom. The lowest BCUT2D eigenvalue weighted by atomic mass is 10.2. The number of benzene rings is 2. The predicted molar refractivity (Wildman–Crippen MR) is 127 cm³/mol. The average Bonchev–Trinajstić information content (AvgIpc) is 3.26. The number of ether oxygens (including phenoxy) is 1. The first kappa shape index (κ1) is 23.2. The van der Waals surface area contributed by atoms with Crippen LogP contribution in [-0.2, 0) is 13.3 Å². The fourth-order valence-corrected chi connectivity index (χ4v) is 4.11. The summed E-state index contributed by atoms with van der Waals surface area (Å²) in [6.07, 6.45) is 1.70. The Morgan fingerprint density at radius 3 is 2.47 bits per heavy atom. The van der Waals surface area contributed by atoms with Gasteiger partial charge in [0.1, 0.15) is 10.8 Å². The summed E-state index contributed by atoms with van der Waals surface area (Å²) in [5.41, 5.74) is 1.47. The van der Waals surface area contributed by atoms with E-state index in [1.807, 2.05) is 17.0 Å². The molecule has 6 nitrogen and oxygen atoms in total. The smallest absolute Gasteiger partial charge is 0.274 e. The van der Waals surface area contributed by atoms with Crippen molar-refractivity contribution >= 4 is 52.3 Å². The molecule has 0 unspecified atom stereocenters. The van der Waals surface area contributed by atoms with E-state index in [-0.39, 0.29) is 12.6 Å². The second-order valence-electron chi connectivity index (χ2n) is 7.38. The van der Waals surface area contributed by atoms with E-state index in [1.165, 1.54) is 0 Å². The molecule has 0 saturated carbocycles. The van der Waals surface area contributed by atoms with Crippen LogP contribution >= 0.6 is 46.4 Å². The largest absolute Gasteiger partial charge is 0.470 e. The third kappa shape index (κ3) is 5.50. The quantitative estimate of drug-likeness (QED) is 0.437. The number of amides is 1. The second-order valence-corrected chi connectivity index (χ2v) is 8.98. The summed E-state index contributed by atoms with van der Waals surface area (Å²) in [5.74, 6) is 0.361. The Kier molecular flexibility index (Phi) is 7.48. The summed E-state index contributed by atoms with van der Waals surface area (Å²) in [5, 5.41) is 6.20. The van der Waals surface area contributed by atoms with Gasteiger partial charge < -0.3 is 9.64 Å². The molecular weight excluding hydrogens is 494 g/mol. The summed E-state index contributed by atoms with van der Waals surface area (Å²) in [6, 6.07) is 12.5. The topological polar surface area (TPSA) is 50.6 Å². The van der Waals surface area contributed by atoms with Gasteiger partial charge in [-0.1, -0.05) is 58.5 Å². The van der Waals surface area contributed by atoms with Crippen LogP contribution < -0.4 is 4.74 Å². The Balaban J connectivity index is 1.29. The molecule has 2 heterocycles. The summed E-state index contributed by atoms with van der Waals surface area (Å²) < 4.78 is 7.21. The number of rotatable bonds is 6. The highest BCUT2D eigenvalue weighted by Crippen LogP contribution is 2.31. The minimum atomic E-state index is -0.0984. The van der Waals surface area contributed by atoms with Crippen molar-refractivity contribution < 1.29 is 9.53 Å². The number of hydrogen-bond acceptors (Lipinski definition) is 4. The van der Waals surface area contributed by atoms with E-state index in [0.29, 0.717) is 44.6 Å². The highest BCUT2D eigenvalue weighted by Gasteiger charge is 2.24. The number of piperazine rings is 1. The molecule has 0 radical (unpaired) electrons. The molecule has 10 heteroatoms. The van der Waals surface area contributed by atoms with Gasteiger partial charge in [0.2, 0.25) is 0 Å². The van der Waals surface area contributed by atoms with Crippen LogP contribution in [0.15, 0.2) is 48.7 Å². The van der Waals surface area contributed by atoms with Gasteiger partial charge in [0, 0.05) is 38.9 Å². The van der Waals surface area contributed by atoms with Crippen LogP contribution in [0.25, 0.3) is 0 Å². The third-order valence-corrected chi connectivity index (χ3v) is 6.72. The standard InChI is InChI=1S/C22H20Cl4N4O2/c23-16-5-4-15(12-18(16)25)13-28-8-10-29(11-9-28)22(31)19-6-7-30(27-19)14-32-20-3-1-2-17(24)21(20)26/h1-7,12H,8-11,13-14H2. The maximum absolute atomic E-state index is 12.9. The van der Waals surface area contributed by atoms with Crippen molar-refractivity contribution in [1.82, 2.24) is 19.6 Å². The second kappa shape index (κ2) is 10.3. The van der Waals surface area contributed by atoms with Crippen LogP contribution in [0.4, 0.5) is 0 Å². The fraction of sp³-hybridized carbons (Fsp3) is 0.273. The Hall–Kier alpha value is -1.96. The average molecular weight is 514 g/mol. The van der Waals surface area contributed by atoms with E-state index in [1.54, 1.807) is 41.2 Å². The van der Waals surface area contributed by atoms with E-state index < -0.39 is 0 Å². The predicted octanol–water partition coefficient (Wildman–Crippen LogP) is 5.49. The lowest BCUT2D eigenvalue weighted by Crippen LogP contribution is -2.48. The minimum Gasteiger partial charge on any atom is -0.470 e. The third-order valence-electron chi connectivity index (χ3n) is 5.18. The lowest BCUT2D eigenvalue weighted by molar-refractivity contribution is 0.0621. The number of nitrogens with zero attached hydrogens (tertiary/aromatic N) is 4. The van der Waals surface area contributed by atoms with Crippen LogP contribution in [0.1, 0.15) is 16.1 Å². The fourth-order valence-electron chi connectivity index (χ4n) is 3.45. The lowest BCUT2D eigenvalue weighted by Gasteiger charge is -2.34. The Bertz CT molecular complexity index is 1110. The van der Waals surface area contributed by atoms with Gasteiger partial charge in [-0.2, -0.15) is 5.10 Å². The number of hydrogen-bond donors (Lipinski definition) is 0. The summed E-state index contributed by atoms with van der Waals surface area (Å²) in [4.78, 5) is 16.9. The molecule has 3 aromatic rings. The SMILES string of the molecule is O=C(c1ccn(COc2cccc(Cl)c2Cl)n1)N1CCN(Cc2ccc(Cl)c(Cl)c2)CC1. The first-order valence-corrected chi connectivity index (χ1v) is 11.5.